The molecule has 0 fully saturated rings. The van der Waals surface area contributed by atoms with E-state index in [1.165, 1.54) is 7.11 Å². The van der Waals surface area contributed by atoms with Crippen molar-refractivity contribution in [1.82, 2.24) is 0 Å². The van der Waals surface area contributed by atoms with Crippen LogP contribution >= 0.6 is 0 Å². The van der Waals surface area contributed by atoms with Crippen LogP contribution in [0.25, 0.3) is 0 Å². The summed E-state index contributed by atoms with van der Waals surface area (Å²) >= 11 is 0. The smallest absolute Gasteiger partial charge is 0.340 e. The summed E-state index contributed by atoms with van der Waals surface area (Å²) in [6.07, 6.45) is 0. The molecule has 1 unspecified atom stereocenters. The molecule has 1 rings (SSSR count). The predicted molar refractivity (Wildman–Crippen MR) is 76.5 cm³/mol. The number of carbonyl (C=O) groups excluding carboxylic acids is 1. The Labute approximate surface area is 114 Å². The molecule has 0 aromatic heterocycles. The molecule has 1 aromatic carbocycles. The number of benzene rings is 1. The van der Waals surface area contributed by atoms with Crippen LogP contribution in [0.4, 0.5) is 11.4 Å². The van der Waals surface area contributed by atoms with Crippen LogP contribution in [0.5, 0.6) is 0 Å². The molecule has 0 amide bonds. The Balaban J connectivity index is 2.85. The van der Waals surface area contributed by atoms with Gasteiger partial charge < -0.3 is 20.5 Å². The average molecular weight is 266 g/mol. The molecule has 1 aromatic rings. The molecule has 0 saturated carbocycles. The summed E-state index contributed by atoms with van der Waals surface area (Å²) < 4.78 is 9.80. The van der Waals surface area contributed by atoms with Crippen LogP contribution in [0.1, 0.15) is 22.8 Å². The fourth-order valence-corrected chi connectivity index (χ4v) is 1.81. The van der Waals surface area contributed by atoms with Crippen molar-refractivity contribution in [2.75, 3.05) is 38.4 Å². The van der Waals surface area contributed by atoms with E-state index in [4.69, 9.17) is 15.2 Å². The lowest BCUT2D eigenvalue weighted by atomic mass is 10.1. The topological polar surface area (TPSA) is 73.6 Å². The van der Waals surface area contributed by atoms with Crippen molar-refractivity contribution >= 4 is 17.3 Å². The van der Waals surface area contributed by atoms with Crippen LogP contribution in [0, 0.1) is 12.8 Å². The lowest BCUT2D eigenvalue weighted by Crippen LogP contribution is -2.16. The summed E-state index contributed by atoms with van der Waals surface area (Å²) in [4.78, 5) is 11.6. The number of aryl methyl sites for hydroxylation is 1. The maximum atomic E-state index is 11.6. The first-order chi connectivity index (χ1) is 8.99. The standard InChI is InChI=1S/C14H22N2O3/c1-9(8-18-3)7-16-11-5-10(2)13(15)12(6-11)14(17)19-4/h5-6,9,16H,7-8,15H2,1-4H3. The number of rotatable bonds is 6. The minimum absolute atomic E-state index is 0.379. The average Bonchev–Trinajstić information content (AvgIpc) is 2.39. The number of nitrogens with one attached hydrogen (secondary N) is 1. The molecule has 0 aliphatic rings. The van der Waals surface area contributed by atoms with Crippen molar-refractivity contribution in [2.45, 2.75) is 13.8 Å². The molecule has 106 valence electrons. The monoisotopic (exact) mass is 266 g/mol. The van der Waals surface area contributed by atoms with Gasteiger partial charge in [0.25, 0.3) is 0 Å². The first-order valence-corrected chi connectivity index (χ1v) is 6.20. The Morgan fingerprint density at radius 2 is 2.11 bits per heavy atom. The summed E-state index contributed by atoms with van der Waals surface area (Å²) in [6, 6.07) is 3.63. The molecule has 5 heteroatoms. The molecule has 0 bridgehead atoms. The third-order valence-electron chi connectivity index (χ3n) is 2.90. The minimum atomic E-state index is -0.422. The van der Waals surface area contributed by atoms with E-state index in [1.807, 2.05) is 13.0 Å². The molecule has 5 nitrogen and oxygen atoms in total. The summed E-state index contributed by atoms with van der Waals surface area (Å²) in [5.41, 5.74) is 8.44. The fraction of sp³-hybridized carbons (Fsp3) is 0.500. The number of nitrogen functional groups attached to an aromatic ring is 1. The number of nitrogens with two attached hydrogens (primary N) is 1. The predicted octanol–water partition coefficient (Wildman–Crippen LogP) is 2.06. The van der Waals surface area contributed by atoms with Gasteiger partial charge in [-0.05, 0) is 30.5 Å². The van der Waals surface area contributed by atoms with Gasteiger partial charge in [0.1, 0.15) is 0 Å². The largest absolute Gasteiger partial charge is 0.465 e. The zero-order chi connectivity index (χ0) is 14.4. The molecule has 19 heavy (non-hydrogen) atoms. The number of methoxy groups -OCH3 is 2. The summed E-state index contributed by atoms with van der Waals surface area (Å²) in [6.45, 7) is 5.40. The first kappa shape index (κ1) is 15.3. The van der Waals surface area contributed by atoms with Crippen LogP contribution in [-0.2, 0) is 9.47 Å². The number of carbonyl (C=O) groups is 1. The van der Waals surface area contributed by atoms with Gasteiger partial charge in [0.05, 0.1) is 19.3 Å². The molecule has 0 heterocycles. The second-order valence-corrected chi connectivity index (χ2v) is 4.69. The lowest BCUT2D eigenvalue weighted by molar-refractivity contribution is 0.0602. The summed E-state index contributed by atoms with van der Waals surface area (Å²) in [5, 5.41) is 3.27. The van der Waals surface area contributed by atoms with Gasteiger partial charge in [0.2, 0.25) is 0 Å². The second kappa shape index (κ2) is 6.99. The SMILES string of the molecule is COCC(C)CNc1cc(C)c(N)c(C(=O)OC)c1. The number of ether oxygens (including phenoxy) is 2. The highest BCUT2D eigenvalue weighted by Gasteiger charge is 2.13. The van der Waals surface area contributed by atoms with Crippen molar-refractivity contribution < 1.29 is 14.3 Å². The van der Waals surface area contributed by atoms with E-state index < -0.39 is 5.97 Å². The fourth-order valence-electron chi connectivity index (χ4n) is 1.81. The molecule has 0 aliphatic carbocycles. The summed E-state index contributed by atoms with van der Waals surface area (Å²) in [7, 11) is 3.02. The van der Waals surface area contributed by atoms with Gasteiger partial charge in [0, 0.05) is 25.0 Å². The highest BCUT2D eigenvalue weighted by Crippen LogP contribution is 2.23. The van der Waals surface area contributed by atoms with Crippen LogP contribution in [0.2, 0.25) is 0 Å². The second-order valence-electron chi connectivity index (χ2n) is 4.69. The van der Waals surface area contributed by atoms with E-state index in [0.29, 0.717) is 23.8 Å². The molecule has 0 aliphatic heterocycles. The van der Waals surface area contributed by atoms with E-state index in [0.717, 1.165) is 17.8 Å². The van der Waals surface area contributed by atoms with Gasteiger partial charge in [-0.1, -0.05) is 6.92 Å². The third-order valence-corrected chi connectivity index (χ3v) is 2.90. The Morgan fingerprint density at radius 1 is 1.42 bits per heavy atom. The van der Waals surface area contributed by atoms with E-state index in [1.54, 1.807) is 13.2 Å². The highest BCUT2D eigenvalue weighted by molar-refractivity contribution is 5.97. The lowest BCUT2D eigenvalue weighted by Gasteiger charge is -2.15. The summed E-state index contributed by atoms with van der Waals surface area (Å²) in [5.74, 6) is -0.0429. The quantitative estimate of drug-likeness (QED) is 0.609. The van der Waals surface area contributed by atoms with E-state index >= 15 is 0 Å². The van der Waals surface area contributed by atoms with Crippen molar-refractivity contribution in [3.63, 3.8) is 0 Å². The molecular formula is C14H22N2O3. The third kappa shape index (κ3) is 4.13. The van der Waals surface area contributed by atoms with Crippen molar-refractivity contribution in [1.29, 1.82) is 0 Å². The maximum Gasteiger partial charge on any atom is 0.340 e. The van der Waals surface area contributed by atoms with E-state index in [2.05, 4.69) is 12.2 Å². The molecule has 0 radical (unpaired) electrons. The molecule has 0 spiro atoms. The van der Waals surface area contributed by atoms with Crippen LogP contribution in [-0.4, -0.2) is 33.3 Å². The Hall–Kier alpha value is -1.75. The number of esters is 1. The molecule has 3 N–H and O–H groups in total. The minimum Gasteiger partial charge on any atom is -0.465 e. The van der Waals surface area contributed by atoms with E-state index in [-0.39, 0.29) is 0 Å². The zero-order valence-corrected chi connectivity index (χ0v) is 11.9. The zero-order valence-electron chi connectivity index (χ0n) is 11.9. The van der Waals surface area contributed by atoms with Gasteiger partial charge >= 0.3 is 5.97 Å². The van der Waals surface area contributed by atoms with E-state index in [9.17, 15) is 4.79 Å². The van der Waals surface area contributed by atoms with Gasteiger partial charge in [-0.2, -0.15) is 0 Å². The number of hydrogen-bond acceptors (Lipinski definition) is 5. The highest BCUT2D eigenvalue weighted by atomic mass is 16.5. The van der Waals surface area contributed by atoms with Crippen molar-refractivity contribution in [3.8, 4) is 0 Å². The van der Waals surface area contributed by atoms with Crippen LogP contribution < -0.4 is 11.1 Å². The van der Waals surface area contributed by atoms with Crippen molar-refractivity contribution in [3.05, 3.63) is 23.3 Å². The van der Waals surface area contributed by atoms with Crippen LogP contribution in [0.3, 0.4) is 0 Å². The molecule has 0 saturated heterocycles. The Bertz CT molecular complexity index is 447. The van der Waals surface area contributed by atoms with Gasteiger partial charge in [-0.3, -0.25) is 0 Å². The molecular weight excluding hydrogens is 244 g/mol. The van der Waals surface area contributed by atoms with Crippen molar-refractivity contribution in [2.24, 2.45) is 5.92 Å². The maximum absolute atomic E-state index is 11.6. The number of hydrogen-bond donors (Lipinski definition) is 2. The van der Waals surface area contributed by atoms with Crippen LogP contribution in [0.15, 0.2) is 12.1 Å². The molecule has 1 atom stereocenters. The van der Waals surface area contributed by atoms with Gasteiger partial charge in [-0.15, -0.1) is 0 Å². The Kier molecular flexibility index (Phi) is 5.63. The van der Waals surface area contributed by atoms with Gasteiger partial charge in [-0.25, -0.2) is 4.79 Å². The number of anilines is 2. The first-order valence-electron chi connectivity index (χ1n) is 6.20. The normalized spacial score (nSPS) is 12.0. The van der Waals surface area contributed by atoms with Gasteiger partial charge in [0.15, 0.2) is 0 Å². The Morgan fingerprint density at radius 3 is 2.68 bits per heavy atom.